The summed E-state index contributed by atoms with van der Waals surface area (Å²) in [6.07, 6.45) is 1.56. The lowest BCUT2D eigenvalue weighted by molar-refractivity contribution is 0.0593. The average Bonchev–Trinajstić information content (AvgIpc) is 2.56. The standard InChI is InChI=1S/C10H16N2O3S/c1-12-7(5-4-6-14-2)8(9(13)15-3)11-10(12)16/h4-6H2,1-3H3,(H,11,16). The fourth-order valence-corrected chi connectivity index (χ4v) is 1.71. The lowest BCUT2D eigenvalue weighted by Gasteiger charge is -2.04. The van der Waals surface area contributed by atoms with Gasteiger partial charge in [-0.25, -0.2) is 4.79 Å². The summed E-state index contributed by atoms with van der Waals surface area (Å²) in [7, 11) is 4.83. The number of hydrogen-bond donors (Lipinski definition) is 1. The molecule has 0 bridgehead atoms. The Bertz CT molecular complexity index is 422. The topological polar surface area (TPSA) is 56.2 Å². The maximum atomic E-state index is 11.5. The van der Waals surface area contributed by atoms with Crippen molar-refractivity contribution in [3.63, 3.8) is 0 Å². The Balaban J connectivity index is 2.95. The molecule has 1 N–H and O–H groups in total. The van der Waals surface area contributed by atoms with Crippen molar-refractivity contribution in [1.82, 2.24) is 9.55 Å². The smallest absolute Gasteiger partial charge is 0.356 e. The van der Waals surface area contributed by atoms with Gasteiger partial charge in [-0.1, -0.05) is 0 Å². The summed E-state index contributed by atoms with van der Waals surface area (Å²) in [5.41, 5.74) is 1.29. The van der Waals surface area contributed by atoms with E-state index in [0.29, 0.717) is 17.1 Å². The summed E-state index contributed by atoms with van der Waals surface area (Å²) in [4.78, 5) is 14.3. The Labute approximate surface area is 99.4 Å². The molecule has 0 spiro atoms. The first kappa shape index (κ1) is 12.9. The molecule has 0 saturated carbocycles. The number of hydrogen-bond acceptors (Lipinski definition) is 4. The number of imidazole rings is 1. The first-order chi connectivity index (χ1) is 7.61. The number of nitrogens with zero attached hydrogens (tertiary/aromatic N) is 1. The van der Waals surface area contributed by atoms with Crippen molar-refractivity contribution in [2.45, 2.75) is 12.8 Å². The number of carbonyl (C=O) groups is 1. The van der Waals surface area contributed by atoms with E-state index in [1.807, 2.05) is 7.05 Å². The zero-order chi connectivity index (χ0) is 12.1. The molecule has 1 heterocycles. The molecule has 0 aromatic carbocycles. The zero-order valence-electron chi connectivity index (χ0n) is 9.70. The number of aromatic amines is 1. The maximum absolute atomic E-state index is 11.5. The van der Waals surface area contributed by atoms with Gasteiger partial charge in [0.2, 0.25) is 0 Å². The molecule has 0 aliphatic carbocycles. The van der Waals surface area contributed by atoms with Crippen LogP contribution in [0.5, 0.6) is 0 Å². The number of carbonyl (C=O) groups excluding carboxylic acids is 1. The summed E-state index contributed by atoms with van der Waals surface area (Å²) in [6.45, 7) is 0.651. The highest BCUT2D eigenvalue weighted by Crippen LogP contribution is 2.11. The lowest BCUT2D eigenvalue weighted by Crippen LogP contribution is -2.08. The molecule has 5 nitrogen and oxygen atoms in total. The molecule has 90 valence electrons. The molecule has 0 fully saturated rings. The van der Waals surface area contributed by atoms with E-state index in [4.69, 9.17) is 21.7 Å². The number of rotatable bonds is 5. The number of ether oxygens (including phenoxy) is 2. The predicted octanol–water partition coefficient (Wildman–Crippen LogP) is 1.45. The molecular weight excluding hydrogens is 228 g/mol. The van der Waals surface area contributed by atoms with Gasteiger partial charge in [-0.3, -0.25) is 0 Å². The van der Waals surface area contributed by atoms with Gasteiger partial charge in [0.25, 0.3) is 0 Å². The van der Waals surface area contributed by atoms with Gasteiger partial charge in [0, 0.05) is 20.8 Å². The molecule has 0 aliphatic rings. The molecule has 0 amide bonds. The van der Waals surface area contributed by atoms with Gasteiger partial charge in [-0.05, 0) is 25.1 Å². The quantitative estimate of drug-likeness (QED) is 0.484. The highest BCUT2D eigenvalue weighted by Gasteiger charge is 2.16. The molecule has 0 aliphatic heterocycles. The summed E-state index contributed by atoms with van der Waals surface area (Å²) in [6, 6.07) is 0. The average molecular weight is 244 g/mol. The van der Waals surface area contributed by atoms with Gasteiger partial charge >= 0.3 is 5.97 Å². The van der Waals surface area contributed by atoms with Gasteiger partial charge in [-0.2, -0.15) is 0 Å². The van der Waals surface area contributed by atoms with Crippen molar-refractivity contribution < 1.29 is 14.3 Å². The third-order valence-electron chi connectivity index (χ3n) is 2.38. The normalized spacial score (nSPS) is 10.4. The zero-order valence-corrected chi connectivity index (χ0v) is 10.5. The second-order valence-electron chi connectivity index (χ2n) is 3.40. The third kappa shape index (κ3) is 2.70. The van der Waals surface area contributed by atoms with E-state index in [2.05, 4.69) is 4.98 Å². The van der Waals surface area contributed by atoms with Crippen LogP contribution in [0.3, 0.4) is 0 Å². The van der Waals surface area contributed by atoms with Gasteiger partial charge < -0.3 is 19.0 Å². The summed E-state index contributed by atoms with van der Waals surface area (Å²) >= 11 is 5.08. The van der Waals surface area contributed by atoms with E-state index in [1.165, 1.54) is 7.11 Å². The number of H-pyrrole nitrogens is 1. The van der Waals surface area contributed by atoms with Crippen LogP contribution in [-0.2, 0) is 22.9 Å². The molecule has 6 heteroatoms. The summed E-state index contributed by atoms with van der Waals surface area (Å²) in [5, 5.41) is 0. The maximum Gasteiger partial charge on any atom is 0.356 e. The Morgan fingerprint density at radius 2 is 2.19 bits per heavy atom. The summed E-state index contributed by atoms with van der Waals surface area (Å²) in [5.74, 6) is -0.390. The Kier molecular flexibility index (Phi) is 4.70. The molecule has 1 rings (SSSR count). The molecule has 0 saturated heterocycles. The minimum absolute atomic E-state index is 0.390. The highest BCUT2D eigenvalue weighted by atomic mass is 32.1. The van der Waals surface area contributed by atoms with Crippen LogP contribution in [0.25, 0.3) is 0 Å². The lowest BCUT2D eigenvalue weighted by atomic mass is 10.2. The van der Waals surface area contributed by atoms with Crippen LogP contribution in [0.2, 0.25) is 0 Å². The van der Waals surface area contributed by atoms with E-state index < -0.39 is 0 Å². The van der Waals surface area contributed by atoms with Gasteiger partial charge in [0.15, 0.2) is 4.77 Å². The van der Waals surface area contributed by atoms with Crippen molar-refractivity contribution in [2.24, 2.45) is 7.05 Å². The van der Waals surface area contributed by atoms with E-state index >= 15 is 0 Å². The minimum Gasteiger partial charge on any atom is -0.464 e. The van der Waals surface area contributed by atoms with E-state index in [-0.39, 0.29) is 5.97 Å². The Hall–Kier alpha value is -1.14. The first-order valence-electron chi connectivity index (χ1n) is 4.97. The molecule has 0 atom stereocenters. The fourth-order valence-electron chi connectivity index (χ4n) is 1.50. The largest absolute Gasteiger partial charge is 0.464 e. The van der Waals surface area contributed by atoms with E-state index in [0.717, 1.165) is 18.5 Å². The van der Waals surface area contributed by atoms with Crippen LogP contribution >= 0.6 is 12.2 Å². The van der Waals surface area contributed by atoms with Gasteiger partial charge in [0.05, 0.1) is 12.8 Å². The van der Waals surface area contributed by atoms with Crippen LogP contribution in [0.1, 0.15) is 22.6 Å². The number of methoxy groups -OCH3 is 2. The monoisotopic (exact) mass is 244 g/mol. The van der Waals surface area contributed by atoms with Crippen LogP contribution in [0, 0.1) is 4.77 Å². The second kappa shape index (κ2) is 5.81. The van der Waals surface area contributed by atoms with Gasteiger partial charge in [0.1, 0.15) is 5.69 Å². The molecule has 1 aromatic heterocycles. The SMILES string of the molecule is COCCCc1c(C(=O)OC)[nH]c(=S)n1C. The second-order valence-corrected chi connectivity index (χ2v) is 3.79. The van der Waals surface area contributed by atoms with Gasteiger partial charge in [-0.15, -0.1) is 0 Å². The predicted molar refractivity (Wildman–Crippen MR) is 62.1 cm³/mol. The number of nitrogens with one attached hydrogen (secondary N) is 1. The van der Waals surface area contributed by atoms with Crippen molar-refractivity contribution in [2.75, 3.05) is 20.8 Å². The fraction of sp³-hybridized carbons (Fsp3) is 0.600. The third-order valence-corrected chi connectivity index (χ3v) is 2.76. The van der Waals surface area contributed by atoms with E-state index in [1.54, 1.807) is 11.7 Å². The van der Waals surface area contributed by atoms with Crippen molar-refractivity contribution >= 4 is 18.2 Å². The molecular formula is C10H16N2O3S. The van der Waals surface area contributed by atoms with Crippen LogP contribution in [-0.4, -0.2) is 36.3 Å². The number of aromatic nitrogens is 2. The molecule has 0 unspecified atom stereocenters. The van der Waals surface area contributed by atoms with Crippen molar-refractivity contribution in [3.05, 3.63) is 16.2 Å². The minimum atomic E-state index is -0.390. The van der Waals surface area contributed by atoms with Crippen molar-refractivity contribution in [3.8, 4) is 0 Å². The number of esters is 1. The summed E-state index contributed by atoms with van der Waals surface area (Å²) < 4.78 is 12.0. The van der Waals surface area contributed by atoms with Crippen LogP contribution in [0.4, 0.5) is 0 Å². The Morgan fingerprint density at radius 1 is 1.50 bits per heavy atom. The molecule has 0 radical (unpaired) electrons. The van der Waals surface area contributed by atoms with Crippen molar-refractivity contribution in [1.29, 1.82) is 0 Å². The molecule has 1 aromatic rings. The first-order valence-corrected chi connectivity index (χ1v) is 5.37. The van der Waals surface area contributed by atoms with Crippen LogP contribution in [0.15, 0.2) is 0 Å². The molecule has 16 heavy (non-hydrogen) atoms. The van der Waals surface area contributed by atoms with E-state index in [9.17, 15) is 4.79 Å². The van der Waals surface area contributed by atoms with Crippen LogP contribution < -0.4 is 0 Å². The highest BCUT2D eigenvalue weighted by molar-refractivity contribution is 7.71. The Morgan fingerprint density at radius 3 is 2.75 bits per heavy atom.